The summed E-state index contributed by atoms with van der Waals surface area (Å²) in [6.45, 7) is 4.68. The second kappa shape index (κ2) is 5.98. The highest BCUT2D eigenvalue weighted by molar-refractivity contribution is 6.30. The number of rotatable bonds is 4. The summed E-state index contributed by atoms with van der Waals surface area (Å²) >= 11 is 6.31. The van der Waals surface area contributed by atoms with Crippen molar-refractivity contribution in [2.75, 3.05) is 13.1 Å². The molecule has 0 spiro atoms. The van der Waals surface area contributed by atoms with E-state index in [0.717, 1.165) is 30.6 Å². The van der Waals surface area contributed by atoms with Crippen molar-refractivity contribution in [2.24, 2.45) is 7.05 Å². The van der Waals surface area contributed by atoms with Gasteiger partial charge in [-0.2, -0.15) is 5.10 Å². The summed E-state index contributed by atoms with van der Waals surface area (Å²) in [7, 11) is 1.84. The first-order valence-electron chi connectivity index (χ1n) is 7.44. The first kappa shape index (κ1) is 15.5. The number of likely N-dealkylation sites (tertiary alicyclic amines) is 1. The number of hydrogen-bond donors (Lipinski definition) is 1. The van der Waals surface area contributed by atoms with Crippen molar-refractivity contribution in [1.29, 1.82) is 0 Å². The summed E-state index contributed by atoms with van der Waals surface area (Å²) in [6, 6.07) is 0. The Kier molecular flexibility index (Phi) is 4.20. The van der Waals surface area contributed by atoms with Crippen molar-refractivity contribution in [1.82, 2.24) is 29.7 Å². The van der Waals surface area contributed by atoms with Gasteiger partial charge in [0.15, 0.2) is 0 Å². The highest BCUT2D eigenvalue weighted by atomic mass is 35.5. The molecule has 7 nitrogen and oxygen atoms in total. The molecule has 1 fully saturated rings. The van der Waals surface area contributed by atoms with Gasteiger partial charge in [0.05, 0.1) is 24.0 Å². The van der Waals surface area contributed by atoms with Gasteiger partial charge in [-0.25, -0.2) is 4.68 Å². The minimum Gasteiger partial charge on any atom is -0.387 e. The van der Waals surface area contributed by atoms with Crippen LogP contribution in [0, 0.1) is 6.92 Å². The van der Waals surface area contributed by atoms with Crippen LogP contribution < -0.4 is 0 Å². The zero-order valence-corrected chi connectivity index (χ0v) is 13.7. The maximum absolute atomic E-state index is 10.9. The molecule has 0 saturated carbocycles. The average Bonchev–Trinajstić information content (AvgIpc) is 3.03. The van der Waals surface area contributed by atoms with Crippen LogP contribution >= 0.6 is 11.6 Å². The van der Waals surface area contributed by atoms with E-state index in [2.05, 4.69) is 20.3 Å². The Morgan fingerprint density at radius 1 is 1.45 bits per heavy atom. The van der Waals surface area contributed by atoms with Crippen LogP contribution in [0.5, 0.6) is 0 Å². The summed E-state index contributed by atoms with van der Waals surface area (Å²) in [5.41, 5.74) is 1.20. The number of β-amino-alcohol motifs (C(OH)–C–C–N with tert-alkyl or cyclic N) is 1. The molecule has 8 heteroatoms. The van der Waals surface area contributed by atoms with Gasteiger partial charge >= 0.3 is 0 Å². The molecule has 120 valence electrons. The first-order chi connectivity index (χ1) is 10.5. The van der Waals surface area contributed by atoms with Gasteiger partial charge in [0.1, 0.15) is 5.15 Å². The number of nitrogens with zero attached hydrogens (tertiary/aromatic N) is 6. The molecule has 1 atom stereocenters. The number of hydrogen-bond acceptors (Lipinski definition) is 5. The van der Waals surface area contributed by atoms with Gasteiger partial charge in [-0.15, -0.1) is 5.10 Å². The largest absolute Gasteiger partial charge is 0.387 e. The topological polar surface area (TPSA) is 72.0 Å². The van der Waals surface area contributed by atoms with E-state index in [1.54, 1.807) is 21.8 Å². The number of aliphatic hydroxyl groups is 1. The molecule has 1 unspecified atom stereocenters. The quantitative estimate of drug-likeness (QED) is 0.908. The highest BCUT2D eigenvalue weighted by Crippen LogP contribution is 2.27. The maximum atomic E-state index is 10.9. The van der Waals surface area contributed by atoms with E-state index in [9.17, 15) is 5.11 Å². The third kappa shape index (κ3) is 3.16. The standard InChI is InChI=1S/C14H21ClN6O/c1-11-12(13(15)19(2)17-11)8-20-6-3-4-14(22,9-20)10-21-7-5-16-18-21/h5,7,22H,3-4,6,8-10H2,1-2H3. The molecule has 2 aromatic rings. The summed E-state index contributed by atoms with van der Waals surface area (Å²) in [4.78, 5) is 2.23. The lowest BCUT2D eigenvalue weighted by atomic mass is 9.92. The van der Waals surface area contributed by atoms with Crippen molar-refractivity contribution >= 4 is 11.6 Å². The minimum absolute atomic E-state index is 0.462. The van der Waals surface area contributed by atoms with Gasteiger partial charge in [-0.3, -0.25) is 9.58 Å². The summed E-state index contributed by atoms with van der Waals surface area (Å²) in [5, 5.41) is 23.6. The monoisotopic (exact) mass is 324 g/mol. The highest BCUT2D eigenvalue weighted by Gasteiger charge is 2.34. The molecular weight excluding hydrogens is 304 g/mol. The first-order valence-corrected chi connectivity index (χ1v) is 7.81. The Hall–Kier alpha value is -1.44. The van der Waals surface area contributed by atoms with Crippen LogP contribution in [0.3, 0.4) is 0 Å². The average molecular weight is 325 g/mol. The second-order valence-corrected chi connectivity index (χ2v) is 6.48. The number of halogens is 1. The lowest BCUT2D eigenvalue weighted by Crippen LogP contribution is -2.50. The van der Waals surface area contributed by atoms with Crippen LogP contribution in [0.15, 0.2) is 12.4 Å². The van der Waals surface area contributed by atoms with E-state index in [0.29, 0.717) is 24.8 Å². The van der Waals surface area contributed by atoms with E-state index < -0.39 is 5.60 Å². The lowest BCUT2D eigenvalue weighted by Gasteiger charge is -2.39. The van der Waals surface area contributed by atoms with E-state index in [1.807, 2.05) is 14.0 Å². The van der Waals surface area contributed by atoms with Crippen molar-refractivity contribution < 1.29 is 5.11 Å². The van der Waals surface area contributed by atoms with Crippen LogP contribution in [-0.2, 0) is 20.1 Å². The van der Waals surface area contributed by atoms with E-state index >= 15 is 0 Å². The fraction of sp³-hybridized carbons (Fsp3) is 0.643. The van der Waals surface area contributed by atoms with E-state index in [-0.39, 0.29) is 0 Å². The third-order valence-corrected chi connectivity index (χ3v) is 4.69. The van der Waals surface area contributed by atoms with Crippen LogP contribution in [0.25, 0.3) is 0 Å². The Bertz CT molecular complexity index is 640. The predicted octanol–water partition coefficient (Wildman–Crippen LogP) is 1.00. The van der Waals surface area contributed by atoms with Gasteiger partial charge in [-0.1, -0.05) is 16.8 Å². The maximum Gasteiger partial charge on any atom is 0.131 e. The number of aryl methyl sites for hydroxylation is 2. The molecule has 0 bridgehead atoms. The van der Waals surface area contributed by atoms with Crippen LogP contribution in [0.2, 0.25) is 5.15 Å². The van der Waals surface area contributed by atoms with Crippen molar-refractivity contribution in [3.8, 4) is 0 Å². The van der Waals surface area contributed by atoms with Crippen molar-refractivity contribution in [3.05, 3.63) is 28.8 Å². The molecule has 0 radical (unpaired) electrons. The second-order valence-electron chi connectivity index (χ2n) is 6.12. The van der Waals surface area contributed by atoms with Crippen molar-refractivity contribution in [2.45, 2.75) is 38.5 Å². The molecule has 3 rings (SSSR count). The summed E-state index contributed by atoms with van der Waals surface area (Å²) in [5.74, 6) is 0. The lowest BCUT2D eigenvalue weighted by molar-refractivity contribution is -0.0478. The van der Waals surface area contributed by atoms with Gasteiger partial charge in [0.2, 0.25) is 0 Å². The summed E-state index contributed by atoms with van der Waals surface area (Å²) < 4.78 is 3.38. The van der Waals surface area contributed by atoms with Gasteiger partial charge < -0.3 is 5.11 Å². The zero-order chi connectivity index (χ0) is 15.7. The zero-order valence-electron chi connectivity index (χ0n) is 12.9. The van der Waals surface area contributed by atoms with Crippen LogP contribution in [-0.4, -0.2) is 53.5 Å². The minimum atomic E-state index is -0.783. The predicted molar refractivity (Wildman–Crippen MR) is 82.4 cm³/mol. The molecule has 3 heterocycles. The van der Waals surface area contributed by atoms with E-state index in [1.165, 1.54) is 0 Å². The van der Waals surface area contributed by atoms with Crippen LogP contribution in [0.1, 0.15) is 24.1 Å². The molecule has 1 aliphatic rings. The molecule has 1 N–H and O–H groups in total. The van der Waals surface area contributed by atoms with Crippen molar-refractivity contribution in [3.63, 3.8) is 0 Å². The molecule has 1 aliphatic heterocycles. The molecular formula is C14H21ClN6O. The fourth-order valence-electron chi connectivity index (χ4n) is 3.17. The van der Waals surface area contributed by atoms with Gasteiger partial charge in [-0.05, 0) is 26.3 Å². The molecule has 0 aromatic carbocycles. The third-order valence-electron chi connectivity index (χ3n) is 4.21. The number of piperidine rings is 1. The molecule has 0 aliphatic carbocycles. The SMILES string of the molecule is Cc1nn(C)c(Cl)c1CN1CCCC(O)(Cn2ccnn2)C1. The smallest absolute Gasteiger partial charge is 0.131 e. The molecule has 1 saturated heterocycles. The van der Waals surface area contributed by atoms with Crippen LogP contribution in [0.4, 0.5) is 0 Å². The Labute approximate surface area is 134 Å². The molecule has 2 aromatic heterocycles. The van der Waals surface area contributed by atoms with Gasteiger partial charge in [0.25, 0.3) is 0 Å². The Balaban J connectivity index is 1.70. The Morgan fingerprint density at radius 2 is 2.27 bits per heavy atom. The molecule has 0 amide bonds. The number of aromatic nitrogens is 5. The normalized spacial score (nSPS) is 23.1. The van der Waals surface area contributed by atoms with E-state index in [4.69, 9.17) is 11.6 Å². The molecule has 22 heavy (non-hydrogen) atoms. The van der Waals surface area contributed by atoms with Gasteiger partial charge in [0, 0.05) is 31.9 Å². The Morgan fingerprint density at radius 3 is 2.91 bits per heavy atom. The summed E-state index contributed by atoms with van der Waals surface area (Å²) in [6.07, 6.45) is 5.12. The fourth-order valence-corrected chi connectivity index (χ4v) is 3.40.